The predicted molar refractivity (Wildman–Crippen MR) is 143 cm³/mol. The zero-order chi connectivity index (χ0) is 27.1. The molecule has 3 atom stereocenters. The van der Waals surface area contributed by atoms with Crippen LogP contribution >= 0.6 is 0 Å². The Kier molecular flexibility index (Phi) is 9.04. The third-order valence-corrected chi connectivity index (χ3v) is 6.84. The van der Waals surface area contributed by atoms with Gasteiger partial charge in [0.25, 0.3) is 5.91 Å². The highest BCUT2D eigenvalue weighted by atomic mass is 19.1. The van der Waals surface area contributed by atoms with Gasteiger partial charge in [0, 0.05) is 38.2 Å². The van der Waals surface area contributed by atoms with Gasteiger partial charge in [0.15, 0.2) is 0 Å². The fraction of sp³-hybridized carbons (Fsp3) is 0.345. The first-order valence-corrected chi connectivity index (χ1v) is 12.8. The molecule has 1 heterocycles. The summed E-state index contributed by atoms with van der Waals surface area (Å²) < 4.78 is 13.3. The molecule has 3 amide bonds. The Morgan fingerprint density at radius 3 is 2.53 bits per heavy atom. The van der Waals surface area contributed by atoms with Gasteiger partial charge >= 0.3 is 0 Å². The van der Waals surface area contributed by atoms with Gasteiger partial charge in [-0.25, -0.2) is 4.39 Å². The van der Waals surface area contributed by atoms with E-state index in [1.165, 1.54) is 24.3 Å². The molecule has 1 aliphatic rings. The highest BCUT2D eigenvalue weighted by molar-refractivity contribution is 5.95. The van der Waals surface area contributed by atoms with Gasteiger partial charge in [-0.1, -0.05) is 42.5 Å². The number of halogens is 1. The average molecular weight is 521 g/mol. The summed E-state index contributed by atoms with van der Waals surface area (Å²) in [6.07, 6.45) is 0.580. The largest absolute Gasteiger partial charge is 0.390 e. The Balaban J connectivity index is 1.46. The Morgan fingerprint density at radius 2 is 1.79 bits per heavy atom. The first kappa shape index (κ1) is 27.2. The number of hydrogen-bond acceptors (Lipinski definition) is 5. The average Bonchev–Trinajstić information content (AvgIpc) is 2.95. The van der Waals surface area contributed by atoms with Gasteiger partial charge in [0.2, 0.25) is 11.8 Å². The van der Waals surface area contributed by atoms with E-state index in [-0.39, 0.29) is 37.9 Å². The van der Waals surface area contributed by atoms with Gasteiger partial charge in [0.05, 0.1) is 12.0 Å². The summed E-state index contributed by atoms with van der Waals surface area (Å²) in [5.41, 5.74) is 6.69. The molecule has 38 heavy (non-hydrogen) atoms. The van der Waals surface area contributed by atoms with Crippen LogP contribution in [-0.2, 0) is 16.0 Å². The van der Waals surface area contributed by atoms with Crippen LogP contribution in [0.15, 0.2) is 66.7 Å². The Bertz CT molecular complexity index is 1280. The number of rotatable bonds is 9. The fourth-order valence-corrected chi connectivity index (χ4v) is 4.68. The van der Waals surface area contributed by atoms with Crippen LogP contribution in [0.5, 0.6) is 0 Å². The maximum Gasteiger partial charge on any atom is 0.253 e. The molecular formula is C29H33FN4O4. The standard InChI is InChI=1S/C29H33FN4O4/c30-24-11-9-21(10-12-24)29(38)34-13-3-6-23(18-34)27(36)33-26(28(37)32-17-25(35)16-31)15-19-7-8-20-4-1-2-5-22(20)14-19/h1-2,4-5,7-12,14,23,25-26,35H,3,6,13,15-18,31H2,(H,32,37)(H,33,36)/t23?,25?,26-/m1/s1. The van der Waals surface area contributed by atoms with Crippen molar-refractivity contribution in [2.75, 3.05) is 26.2 Å². The minimum Gasteiger partial charge on any atom is -0.390 e. The Morgan fingerprint density at radius 1 is 1.05 bits per heavy atom. The lowest BCUT2D eigenvalue weighted by atomic mass is 9.95. The van der Waals surface area contributed by atoms with Crippen molar-refractivity contribution in [2.24, 2.45) is 11.7 Å². The third kappa shape index (κ3) is 6.93. The zero-order valence-corrected chi connectivity index (χ0v) is 21.1. The van der Waals surface area contributed by atoms with Gasteiger partial charge in [-0.3, -0.25) is 14.4 Å². The van der Waals surface area contributed by atoms with Crippen molar-refractivity contribution >= 4 is 28.5 Å². The number of aliphatic hydroxyl groups is 1. The molecule has 1 saturated heterocycles. The fourth-order valence-electron chi connectivity index (χ4n) is 4.68. The highest BCUT2D eigenvalue weighted by Gasteiger charge is 2.31. The van der Waals surface area contributed by atoms with E-state index in [0.29, 0.717) is 24.9 Å². The number of benzene rings is 3. The maximum atomic E-state index is 13.3. The smallest absolute Gasteiger partial charge is 0.253 e. The minimum absolute atomic E-state index is 0.00196. The second kappa shape index (κ2) is 12.6. The molecule has 3 aromatic rings. The van der Waals surface area contributed by atoms with E-state index >= 15 is 0 Å². The van der Waals surface area contributed by atoms with E-state index < -0.39 is 29.8 Å². The van der Waals surface area contributed by atoms with Crippen molar-refractivity contribution < 1.29 is 23.9 Å². The molecule has 8 nitrogen and oxygen atoms in total. The van der Waals surface area contributed by atoms with Crippen LogP contribution in [0.4, 0.5) is 4.39 Å². The minimum atomic E-state index is -0.889. The number of carbonyl (C=O) groups excluding carboxylic acids is 3. The molecule has 3 aromatic carbocycles. The number of hydrogen-bond donors (Lipinski definition) is 4. The number of carbonyl (C=O) groups is 3. The van der Waals surface area contributed by atoms with Crippen LogP contribution < -0.4 is 16.4 Å². The second-order valence-corrected chi connectivity index (χ2v) is 9.68. The molecule has 4 rings (SSSR count). The molecule has 0 radical (unpaired) electrons. The van der Waals surface area contributed by atoms with Gasteiger partial charge < -0.3 is 26.4 Å². The van der Waals surface area contributed by atoms with Crippen LogP contribution in [0.25, 0.3) is 10.8 Å². The summed E-state index contributed by atoms with van der Waals surface area (Å²) in [5, 5.41) is 17.4. The van der Waals surface area contributed by atoms with Crippen LogP contribution in [0.2, 0.25) is 0 Å². The quantitative estimate of drug-likeness (QED) is 0.344. The van der Waals surface area contributed by atoms with Gasteiger partial charge in [-0.2, -0.15) is 0 Å². The molecular weight excluding hydrogens is 487 g/mol. The monoisotopic (exact) mass is 520 g/mol. The van der Waals surface area contributed by atoms with Crippen molar-refractivity contribution in [1.29, 1.82) is 0 Å². The summed E-state index contributed by atoms with van der Waals surface area (Å²) >= 11 is 0. The first-order chi connectivity index (χ1) is 18.3. The number of piperidine rings is 1. The summed E-state index contributed by atoms with van der Waals surface area (Å²) in [6, 6.07) is 18.2. The van der Waals surface area contributed by atoms with Crippen LogP contribution in [0.3, 0.4) is 0 Å². The molecule has 1 fully saturated rings. The Labute approximate surface area is 221 Å². The van der Waals surface area contributed by atoms with E-state index in [0.717, 1.165) is 16.3 Å². The van der Waals surface area contributed by atoms with Crippen molar-refractivity contribution in [3.05, 3.63) is 83.7 Å². The molecule has 9 heteroatoms. The number of nitrogens with one attached hydrogen (secondary N) is 2. The summed E-state index contributed by atoms with van der Waals surface area (Å²) in [6.45, 7) is 0.682. The molecule has 0 aromatic heterocycles. The molecule has 1 aliphatic heterocycles. The lowest BCUT2D eigenvalue weighted by Gasteiger charge is -2.33. The van der Waals surface area contributed by atoms with Crippen molar-refractivity contribution in [3.8, 4) is 0 Å². The van der Waals surface area contributed by atoms with Crippen molar-refractivity contribution in [3.63, 3.8) is 0 Å². The van der Waals surface area contributed by atoms with Crippen LogP contribution in [0, 0.1) is 11.7 Å². The van der Waals surface area contributed by atoms with E-state index in [9.17, 15) is 23.9 Å². The van der Waals surface area contributed by atoms with E-state index in [1.54, 1.807) is 4.90 Å². The molecule has 5 N–H and O–H groups in total. The van der Waals surface area contributed by atoms with Gasteiger partial charge in [-0.05, 0) is 53.4 Å². The van der Waals surface area contributed by atoms with Crippen LogP contribution in [-0.4, -0.2) is 66.1 Å². The number of likely N-dealkylation sites (tertiary alicyclic amines) is 1. The van der Waals surface area contributed by atoms with Gasteiger partial charge in [-0.15, -0.1) is 0 Å². The molecule has 0 saturated carbocycles. The number of fused-ring (bicyclic) bond motifs is 1. The predicted octanol–water partition coefficient (Wildman–Crippen LogP) is 1.99. The topological polar surface area (TPSA) is 125 Å². The second-order valence-electron chi connectivity index (χ2n) is 9.68. The Hall–Kier alpha value is -3.82. The normalized spacial score (nSPS) is 17.0. The lowest BCUT2D eigenvalue weighted by Crippen LogP contribution is -2.53. The highest BCUT2D eigenvalue weighted by Crippen LogP contribution is 2.21. The van der Waals surface area contributed by atoms with Crippen LogP contribution in [0.1, 0.15) is 28.8 Å². The third-order valence-electron chi connectivity index (χ3n) is 6.84. The first-order valence-electron chi connectivity index (χ1n) is 12.8. The SMILES string of the molecule is NCC(O)CNC(=O)[C@@H](Cc1ccc2ccccc2c1)NC(=O)C1CCCN(C(=O)c2ccc(F)cc2)C1. The van der Waals surface area contributed by atoms with E-state index in [1.807, 2.05) is 42.5 Å². The molecule has 200 valence electrons. The molecule has 0 bridgehead atoms. The number of nitrogens with zero attached hydrogens (tertiary/aromatic N) is 1. The number of nitrogens with two attached hydrogens (primary N) is 1. The van der Waals surface area contributed by atoms with E-state index in [4.69, 9.17) is 5.73 Å². The number of aliphatic hydroxyl groups excluding tert-OH is 1. The molecule has 0 spiro atoms. The van der Waals surface area contributed by atoms with E-state index in [2.05, 4.69) is 10.6 Å². The van der Waals surface area contributed by atoms with Crippen molar-refractivity contribution in [1.82, 2.24) is 15.5 Å². The zero-order valence-electron chi connectivity index (χ0n) is 21.1. The summed E-state index contributed by atoms with van der Waals surface area (Å²) in [7, 11) is 0. The molecule has 2 unspecified atom stereocenters. The van der Waals surface area contributed by atoms with Gasteiger partial charge in [0.1, 0.15) is 11.9 Å². The summed E-state index contributed by atoms with van der Waals surface area (Å²) in [4.78, 5) is 40.9. The number of amides is 3. The molecule has 0 aliphatic carbocycles. The summed E-state index contributed by atoms with van der Waals surface area (Å²) in [5.74, 6) is -1.92. The van der Waals surface area contributed by atoms with Crippen molar-refractivity contribution in [2.45, 2.75) is 31.4 Å². The maximum absolute atomic E-state index is 13.3. The lowest BCUT2D eigenvalue weighted by molar-refractivity contribution is -0.132.